The molecule has 0 saturated carbocycles. The molecule has 0 bridgehead atoms. The fourth-order valence-electron chi connectivity index (χ4n) is 5.86. The van der Waals surface area contributed by atoms with E-state index in [2.05, 4.69) is 5.32 Å². The Balaban J connectivity index is 1.37. The summed E-state index contributed by atoms with van der Waals surface area (Å²) in [5.41, 5.74) is 2.91. The molecule has 3 atom stereocenters. The molecule has 1 aromatic heterocycles. The topological polar surface area (TPSA) is 133 Å². The van der Waals surface area contributed by atoms with E-state index < -0.39 is 33.8 Å². The van der Waals surface area contributed by atoms with Crippen molar-refractivity contribution in [2.45, 2.75) is 36.6 Å². The number of thioether (sulfide) groups is 1. The molecule has 242 valence electrons. The van der Waals surface area contributed by atoms with Crippen LogP contribution >= 0.6 is 23.1 Å². The van der Waals surface area contributed by atoms with Gasteiger partial charge in [-0.3, -0.25) is 23.7 Å². The highest BCUT2D eigenvalue weighted by molar-refractivity contribution is 8.00. The van der Waals surface area contributed by atoms with Gasteiger partial charge in [0.2, 0.25) is 17.7 Å². The molecule has 2 aliphatic heterocycles. The predicted molar refractivity (Wildman–Crippen MR) is 178 cm³/mol. The summed E-state index contributed by atoms with van der Waals surface area (Å²) < 4.78 is 17.3. The van der Waals surface area contributed by atoms with E-state index in [1.807, 2.05) is 19.1 Å². The van der Waals surface area contributed by atoms with E-state index in [1.54, 1.807) is 61.5 Å². The van der Waals surface area contributed by atoms with Crippen molar-refractivity contribution in [2.75, 3.05) is 31.0 Å². The summed E-state index contributed by atoms with van der Waals surface area (Å²) in [6.07, 6.45) is 0. The standard InChI is InChI=1S/C34H31N3O8S2/c1-5-45-33(41)19-8-11-21(12-9-19)35-25(38)17-36-32-29(47-34(36)42)26(20-10-15-23(43-3)24(16-20)44-4)27-28(46-32)31(40)37(30(27)39)22-13-6-18(2)7-14-22/h6-16,26-28H,5,17H2,1-4H3,(H,35,38)/t26-,27?,28?/m1/s1. The zero-order valence-electron chi connectivity index (χ0n) is 26.0. The van der Waals surface area contributed by atoms with Crippen LogP contribution in [0.5, 0.6) is 11.5 Å². The second-order valence-electron chi connectivity index (χ2n) is 11.0. The number of hydrogen-bond donors (Lipinski definition) is 1. The lowest BCUT2D eigenvalue weighted by Crippen LogP contribution is -2.33. The minimum atomic E-state index is -0.840. The summed E-state index contributed by atoms with van der Waals surface area (Å²) in [7, 11) is 3.03. The molecule has 3 heterocycles. The molecular weight excluding hydrogens is 643 g/mol. The fraction of sp³-hybridized carbons (Fsp3) is 0.265. The zero-order valence-corrected chi connectivity index (χ0v) is 27.6. The largest absolute Gasteiger partial charge is 0.493 e. The Morgan fingerprint density at radius 3 is 2.26 bits per heavy atom. The van der Waals surface area contributed by atoms with Gasteiger partial charge in [-0.15, -0.1) is 0 Å². The summed E-state index contributed by atoms with van der Waals surface area (Å²) in [6.45, 7) is 3.56. The molecule has 0 radical (unpaired) electrons. The van der Waals surface area contributed by atoms with Gasteiger partial charge in [0, 0.05) is 16.5 Å². The molecule has 3 aromatic carbocycles. The van der Waals surface area contributed by atoms with Crippen LogP contribution in [0.3, 0.4) is 0 Å². The van der Waals surface area contributed by atoms with Crippen LogP contribution in [0, 0.1) is 12.8 Å². The van der Waals surface area contributed by atoms with Crippen LogP contribution < -0.4 is 24.6 Å². The second kappa shape index (κ2) is 13.1. The van der Waals surface area contributed by atoms with Crippen molar-refractivity contribution in [3.8, 4) is 11.5 Å². The first-order valence-electron chi connectivity index (χ1n) is 14.8. The molecule has 1 N–H and O–H groups in total. The van der Waals surface area contributed by atoms with Crippen molar-refractivity contribution < 1.29 is 33.4 Å². The number of nitrogens with one attached hydrogen (secondary N) is 1. The van der Waals surface area contributed by atoms with E-state index in [4.69, 9.17) is 14.2 Å². The van der Waals surface area contributed by atoms with E-state index in [0.29, 0.717) is 43.9 Å². The minimum absolute atomic E-state index is 0.243. The van der Waals surface area contributed by atoms with Crippen LogP contribution in [0.2, 0.25) is 0 Å². The first-order chi connectivity index (χ1) is 22.6. The molecule has 0 aliphatic carbocycles. The molecule has 13 heteroatoms. The molecule has 1 saturated heterocycles. The Bertz CT molecular complexity index is 1930. The van der Waals surface area contributed by atoms with Gasteiger partial charge in [0.15, 0.2) is 11.5 Å². The van der Waals surface area contributed by atoms with Gasteiger partial charge in [0.05, 0.1) is 43.0 Å². The van der Waals surface area contributed by atoms with Crippen molar-refractivity contribution in [2.24, 2.45) is 5.92 Å². The van der Waals surface area contributed by atoms with Gasteiger partial charge in [0.25, 0.3) is 0 Å². The number of nitrogens with zero attached hydrogens (tertiary/aromatic N) is 2. The number of fused-ring (bicyclic) bond motifs is 2. The second-order valence-corrected chi connectivity index (χ2v) is 13.1. The lowest BCUT2D eigenvalue weighted by atomic mass is 9.83. The summed E-state index contributed by atoms with van der Waals surface area (Å²) in [4.78, 5) is 68.3. The average molecular weight is 674 g/mol. The maximum atomic E-state index is 14.1. The van der Waals surface area contributed by atoms with Gasteiger partial charge in [-0.2, -0.15) is 0 Å². The van der Waals surface area contributed by atoms with E-state index in [-0.39, 0.29) is 25.0 Å². The van der Waals surface area contributed by atoms with Crippen molar-refractivity contribution in [3.05, 3.63) is 98.0 Å². The maximum absolute atomic E-state index is 14.1. The molecule has 1 fully saturated rings. The highest BCUT2D eigenvalue weighted by Gasteiger charge is 2.57. The number of hydrogen-bond acceptors (Lipinski definition) is 10. The van der Waals surface area contributed by atoms with Gasteiger partial charge in [-0.1, -0.05) is 46.9 Å². The summed E-state index contributed by atoms with van der Waals surface area (Å²) in [5.74, 6) is -2.24. The summed E-state index contributed by atoms with van der Waals surface area (Å²) in [6, 6.07) is 18.7. The van der Waals surface area contributed by atoms with E-state index in [1.165, 1.54) is 23.7 Å². The molecule has 2 unspecified atom stereocenters. The number of ether oxygens (including phenoxy) is 3. The summed E-state index contributed by atoms with van der Waals surface area (Å²) in [5, 5.41) is 2.38. The maximum Gasteiger partial charge on any atom is 0.338 e. The van der Waals surface area contributed by atoms with Crippen molar-refractivity contribution >= 4 is 58.2 Å². The van der Waals surface area contributed by atoms with Crippen LogP contribution in [0.4, 0.5) is 11.4 Å². The molecule has 2 aliphatic rings. The minimum Gasteiger partial charge on any atom is -0.493 e. The number of carbonyl (C=O) groups is 4. The van der Waals surface area contributed by atoms with E-state index in [0.717, 1.165) is 28.7 Å². The lowest BCUT2D eigenvalue weighted by Gasteiger charge is -2.31. The molecule has 11 nitrogen and oxygen atoms in total. The van der Waals surface area contributed by atoms with Crippen LogP contribution in [0.25, 0.3) is 0 Å². The Labute approximate surface area is 278 Å². The van der Waals surface area contributed by atoms with Gasteiger partial charge in [-0.05, 0) is 67.9 Å². The number of benzene rings is 3. The van der Waals surface area contributed by atoms with Crippen molar-refractivity contribution in [3.63, 3.8) is 0 Å². The predicted octanol–water partition coefficient (Wildman–Crippen LogP) is 4.85. The van der Waals surface area contributed by atoms with Crippen LogP contribution in [0.1, 0.15) is 39.2 Å². The Morgan fingerprint density at radius 2 is 1.60 bits per heavy atom. The Morgan fingerprint density at radius 1 is 0.894 bits per heavy atom. The van der Waals surface area contributed by atoms with Crippen LogP contribution in [-0.4, -0.2) is 54.3 Å². The third-order valence-electron chi connectivity index (χ3n) is 8.09. The number of esters is 1. The first-order valence-corrected chi connectivity index (χ1v) is 16.5. The van der Waals surface area contributed by atoms with Gasteiger partial charge in [-0.25, -0.2) is 9.69 Å². The highest BCUT2D eigenvalue weighted by Crippen LogP contribution is 2.54. The number of aromatic nitrogens is 1. The normalized spacial score (nSPS) is 18.4. The van der Waals surface area contributed by atoms with E-state index in [9.17, 15) is 24.0 Å². The molecule has 3 amide bonds. The average Bonchev–Trinajstić information content (AvgIpc) is 3.51. The number of thiazole rings is 1. The molecular formula is C34H31N3O8S2. The number of imide groups is 1. The third kappa shape index (κ3) is 5.92. The highest BCUT2D eigenvalue weighted by atomic mass is 32.2. The van der Waals surface area contributed by atoms with Crippen LogP contribution in [-0.2, 0) is 25.7 Å². The SMILES string of the molecule is CCOC(=O)c1ccc(NC(=O)Cn2c3c(sc2=O)[C@H](c2ccc(OC)c(OC)c2)C2C(=O)N(c4ccc(C)cc4)C(=O)C2S3)cc1. The first kappa shape index (κ1) is 32.1. The van der Waals surface area contributed by atoms with Crippen molar-refractivity contribution in [1.82, 2.24) is 4.57 Å². The third-order valence-corrected chi connectivity index (χ3v) is 10.7. The quantitative estimate of drug-likeness (QED) is 0.196. The van der Waals surface area contributed by atoms with Gasteiger partial charge >= 0.3 is 10.8 Å². The molecule has 6 rings (SSSR count). The number of aryl methyl sites for hydroxylation is 1. The number of rotatable bonds is 9. The smallest absolute Gasteiger partial charge is 0.338 e. The number of carbonyl (C=O) groups excluding carboxylic acids is 4. The Hall–Kier alpha value is -4.88. The van der Waals surface area contributed by atoms with Crippen molar-refractivity contribution in [1.29, 1.82) is 0 Å². The van der Waals surface area contributed by atoms with E-state index >= 15 is 0 Å². The monoisotopic (exact) mass is 673 g/mol. The fourth-order valence-corrected chi connectivity index (χ4v) is 8.63. The number of methoxy groups -OCH3 is 2. The van der Waals surface area contributed by atoms with Gasteiger partial charge < -0.3 is 19.5 Å². The molecule has 47 heavy (non-hydrogen) atoms. The summed E-state index contributed by atoms with van der Waals surface area (Å²) >= 11 is 2.09. The lowest BCUT2D eigenvalue weighted by molar-refractivity contribution is -0.122. The molecule has 4 aromatic rings. The molecule has 0 spiro atoms. The zero-order chi connectivity index (χ0) is 33.4. The number of amides is 3. The number of anilines is 2. The van der Waals surface area contributed by atoms with Crippen LogP contribution in [0.15, 0.2) is 76.6 Å². The Kier molecular flexibility index (Phi) is 8.93. The van der Waals surface area contributed by atoms with Gasteiger partial charge in [0.1, 0.15) is 11.8 Å².